The van der Waals surface area contributed by atoms with Crippen LogP contribution >= 0.6 is 11.3 Å². The normalized spacial score (nSPS) is 12.5. The zero-order chi connectivity index (χ0) is 24.2. The van der Waals surface area contributed by atoms with Gasteiger partial charge in [-0.1, -0.05) is 0 Å². The van der Waals surface area contributed by atoms with Crippen molar-refractivity contribution in [2.75, 3.05) is 13.7 Å². The molecule has 1 unspecified atom stereocenters. The summed E-state index contributed by atoms with van der Waals surface area (Å²) in [5, 5.41) is 1.64. The minimum absolute atomic E-state index is 0.122. The molecule has 0 fully saturated rings. The number of aryl methyl sites for hydroxylation is 2. The second kappa shape index (κ2) is 10.7. The first kappa shape index (κ1) is 25.3. The van der Waals surface area contributed by atoms with Gasteiger partial charge in [0.25, 0.3) is 0 Å². The summed E-state index contributed by atoms with van der Waals surface area (Å²) < 4.78 is 50.0. The summed E-state index contributed by atoms with van der Waals surface area (Å²) in [6, 6.07) is 11.3. The zero-order valence-corrected chi connectivity index (χ0v) is 21.5. The summed E-state index contributed by atoms with van der Waals surface area (Å²) in [5.74, 6) is 0.265. The molecule has 0 aliphatic heterocycles. The van der Waals surface area contributed by atoms with Gasteiger partial charge in [0.05, 0.1) is 0 Å². The Labute approximate surface area is 200 Å². The SMILES string of the molecule is CCc1cc([As](C)Cc2sc(-c3ccc(C(F)(F)F)cc3)nc2C)ccc1OCC(=O)OC. The van der Waals surface area contributed by atoms with Gasteiger partial charge in [0, 0.05) is 0 Å². The van der Waals surface area contributed by atoms with Crippen molar-refractivity contribution in [3.63, 3.8) is 0 Å². The number of benzene rings is 2. The summed E-state index contributed by atoms with van der Waals surface area (Å²) in [6.07, 6.45) is -3.56. The Bertz CT molecular complexity index is 1110. The number of halogens is 3. The van der Waals surface area contributed by atoms with E-state index in [1.165, 1.54) is 23.6 Å². The Hall–Kier alpha value is -2.31. The summed E-state index contributed by atoms with van der Waals surface area (Å²) in [6.45, 7) is 3.87. The molecule has 0 amide bonds. The molecule has 0 saturated carbocycles. The van der Waals surface area contributed by atoms with Gasteiger partial charge < -0.3 is 0 Å². The number of nitrogens with zero attached hydrogens (tertiary/aromatic N) is 1. The van der Waals surface area contributed by atoms with Gasteiger partial charge in [0.15, 0.2) is 0 Å². The van der Waals surface area contributed by atoms with E-state index >= 15 is 0 Å². The molecule has 1 atom stereocenters. The molecule has 0 spiro atoms. The number of hydrogen-bond acceptors (Lipinski definition) is 5. The summed E-state index contributed by atoms with van der Waals surface area (Å²) in [4.78, 5) is 17.1. The fourth-order valence-corrected chi connectivity index (χ4v) is 8.81. The van der Waals surface area contributed by atoms with Crippen LogP contribution in [0.4, 0.5) is 13.2 Å². The van der Waals surface area contributed by atoms with Crippen molar-refractivity contribution in [2.45, 2.75) is 37.4 Å². The Balaban J connectivity index is 1.74. The molecule has 0 radical (unpaired) electrons. The minimum atomic E-state index is -4.35. The van der Waals surface area contributed by atoms with E-state index in [1.807, 2.05) is 19.9 Å². The van der Waals surface area contributed by atoms with Gasteiger partial charge in [0.1, 0.15) is 0 Å². The Morgan fingerprint density at radius 3 is 2.45 bits per heavy atom. The van der Waals surface area contributed by atoms with Crippen LogP contribution in [0.2, 0.25) is 5.71 Å². The maximum atomic E-state index is 12.8. The number of carbonyl (C=O) groups is 1. The fraction of sp³-hybridized carbons (Fsp3) is 0.333. The predicted octanol–water partition coefficient (Wildman–Crippen LogP) is 5.37. The monoisotopic (exact) mass is 539 g/mol. The van der Waals surface area contributed by atoms with Crippen LogP contribution in [0.5, 0.6) is 5.75 Å². The van der Waals surface area contributed by atoms with Crippen molar-refractivity contribution in [3.8, 4) is 16.3 Å². The molecule has 0 bridgehead atoms. The number of hydrogen-bond donors (Lipinski definition) is 0. The molecule has 176 valence electrons. The molecule has 2 aromatic carbocycles. The number of thiazole rings is 1. The fourth-order valence-electron chi connectivity index (χ4n) is 3.22. The molecule has 0 saturated heterocycles. The van der Waals surface area contributed by atoms with E-state index < -0.39 is 32.4 Å². The standard InChI is InChI=1S/C24H25AsF3NO3S/c1-5-16-12-19(10-11-20(16)32-14-22(30)31-4)25(3)13-21-15(2)29-23(33-21)17-6-8-18(9-7-17)24(26,27)28/h6-12H,5,13-14H2,1-4H3. The topological polar surface area (TPSA) is 48.4 Å². The number of esters is 1. The molecule has 4 nitrogen and oxygen atoms in total. The van der Waals surface area contributed by atoms with Gasteiger partial charge in [-0.2, -0.15) is 0 Å². The number of ether oxygens (including phenoxy) is 2. The van der Waals surface area contributed by atoms with E-state index in [4.69, 9.17) is 4.74 Å². The molecule has 1 aromatic heterocycles. The third-order valence-corrected chi connectivity index (χ3v) is 10.9. The summed E-state index contributed by atoms with van der Waals surface area (Å²) in [7, 11) is 1.33. The first-order chi connectivity index (χ1) is 15.6. The second-order valence-electron chi connectivity index (χ2n) is 7.47. The quantitative estimate of drug-likeness (QED) is 0.286. The number of rotatable bonds is 8. The van der Waals surface area contributed by atoms with Gasteiger partial charge in [-0.15, -0.1) is 0 Å². The summed E-state index contributed by atoms with van der Waals surface area (Å²) in [5.41, 5.74) is 4.27. The molecule has 0 aliphatic rings. The molecule has 9 heteroatoms. The maximum absolute atomic E-state index is 12.8. The van der Waals surface area contributed by atoms with E-state index in [0.29, 0.717) is 11.3 Å². The van der Waals surface area contributed by atoms with Crippen LogP contribution in [0.25, 0.3) is 10.6 Å². The zero-order valence-electron chi connectivity index (χ0n) is 18.8. The van der Waals surface area contributed by atoms with Gasteiger partial charge in [-0.25, -0.2) is 0 Å². The molecular formula is C24H25AsF3NO3S. The van der Waals surface area contributed by atoms with Crippen molar-refractivity contribution in [1.29, 1.82) is 0 Å². The van der Waals surface area contributed by atoms with Crippen LogP contribution in [0.15, 0.2) is 42.5 Å². The molecular weight excluding hydrogens is 514 g/mol. The van der Waals surface area contributed by atoms with Crippen molar-refractivity contribution < 1.29 is 27.4 Å². The van der Waals surface area contributed by atoms with E-state index in [-0.39, 0.29) is 6.61 Å². The van der Waals surface area contributed by atoms with Crippen LogP contribution in [0.3, 0.4) is 0 Å². The van der Waals surface area contributed by atoms with Gasteiger partial charge in [0.2, 0.25) is 0 Å². The predicted molar refractivity (Wildman–Crippen MR) is 126 cm³/mol. The first-order valence-corrected chi connectivity index (χ1v) is 15.3. The van der Waals surface area contributed by atoms with E-state index in [0.717, 1.165) is 44.9 Å². The van der Waals surface area contributed by atoms with Crippen molar-refractivity contribution >= 4 is 36.3 Å². The van der Waals surface area contributed by atoms with Crippen LogP contribution in [-0.2, 0) is 27.3 Å². The summed E-state index contributed by atoms with van der Waals surface area (Å²) >= 11 is 0.105. The number of methoxy groups -OCH3 is 1. The number of alkyl halides is 3. The molecule has 0 N–H and O–H groups in total. The van der Waals surface area contributed by atoms with E-state index in [2.05, 4.69) is 27.6 Å². The molecule has 3 aromatic rings. The Kier molecular flexibility index (Phi) is 8.24. The Morgan fingerprint density at radius 2 is 1.85 bits per heavy atom. The molecule has 33 heavy (non-hydrogen) atoms. The van der Waals surface area contributed by atoms with Gasteiger partial charge >= 0.3 is 200 Å². The van der Waals surface area contributed by atoms with Gasteiger partial charge in [-0.05, 0) is 0 Å². The third kappa shape index (κ3) is 6.39. The van der Waals surface area contributed by atoms with Crippen molar-refractivity contribution in [2.24, 2.45) is 0 Å². The van der Waals surface area contributed by atoms with Crippen LogP contribution in [-0.4, -0.2) is 39.3 Å². The van der Waals surface area contributed by atoms with Crippen LogP contribution < -0.4 is 9.09 Å². The second-order valence-corrected chi connectivity index (χ2v) is 13.2. The van der Waals surface area contributed by atoms with Gasteiger partial charge in [-0.3, -0.25) is 0 Å². The van der Waals surface area contributed by atoms with Crippen LogP contribution in [0.1, 0.15) is 28.6 Å². The third-order valence-electron chi connectivity index (χ3n) is 5.17. The average Bonchev–Trinajstić information content (AvgIpc) is 3.16. The molecule has 1 heterocycles. The molecule has 0 aliphatic carbocycles. The Morgan fingerprint density at radius 1 is 1.15 bits per heavy atom. The van der Waals surface area contributed by atoms with E-state index in [1.54, 1.807) is 11.3 Å². The van der Waals surface area contributed by atoms with E-state index in [9.17, 15) is 18.0 Å². The van der Waals surface area contributed by atoms with Crippen molar-refractivity contribution in [3.05, 3.63) is 64.2 Å². The number of carbonyl (C=O) groups excluding carboxylic acids is 1. The number of aromatic nitrogens is 1. The van der Waals surface area contributed by atoms with Crippen LogP contribution in [0, 0.1) is 6.92 Å². The van der Waals surface area contributed by atoms with Crippen molar-refractivity contribution in [1.82, 2.24) is 4.98 Å². The molecule has 3 rings (SSSR count). The first-order valence-electron chi connectivity index (χ1n) is 10.3. The average molecular weight is 539 g/mol.